The Kier molecular flexibility index (Phi) is 5.06. The molecule has 118 valence electrons. The van der Waals surface area contributed by atoms with Crippen molar-refractivity contribution in [2.24, 2.45) is 11.8 Å². The Hall–Kier alpha value is -0.920. The molecule has 1 saturated carbocycles. The number of hydrogen-bond acceptors (Lipinski definition) is 4. The lowest BCUT2D eigenvalue weighted by molar-refractivity contribution is -0.136. The molecule has 0 bridgehead atoms. The van der Waals surface area contributed by atoms with Crippen molar-refractivity contribution in [3.05, 3.63) is 17.0 Å². The topological polar surface area (TPSA) is 83.5 Å². The molecule has 5 nitrogen and oxygen atoms in total. The van der Waals surface area contributed by atoms with Crippen LogP contribution in [0, 0.1) is 11.8 Å². The van der Waals surface area contributed by atoms with Crippen molar-refractivity contribution in [2.75, 3.05) is 0 Å². The number of rotatable bonds is 5. The highest BCUT2D eigenvalue weighted by Crippen LogP contribution is 2.31. The molecule has 1 aliphatic rings. The van der Waals surface area contributed by atoms with E-state index in [1.54, 1.807) is 6.07 Å². The van der Waals surface area contributed by atoms with Gasteiger partial charge in [-0.3, -0.25) is 4.79 Å². The van der Waals surface area contributed by atoms with Gasteiger partial charge in [-0.15, -0.1) is 11.3 Å². The van der Waals surface area contributed by atoms with Crippen LogP contribution in [0.25, 0.3) is 0 Å². The summed E-state index contributed by atoms with van der Waals surface area (Å²) in [4.78, 5) is 11.2. The minimum absolute atomic E-state index is 0.0220. The number of aliphatic carboxylic acids is 1. The van der Waals surface area contributed by atoms with E-state index in [9.17, 15) is 13.2 Å². The maximum absolute atomic E-state index is 12.3. The van der Waals surface area contributed by atoms with Crippen LogP contribution in [0.15, 0.2) is 16.3 Å². The van der Waals surface area contributed by atoms with Crippen LogP contribution in [-0.2, 0) is 21.2 Å². The second kappa shape index (κ2) is 6.46. The first kappa shape index (κ1) is 16.5. The second-order valence-corrected chi connectivity index (χ2v) is 8.99. The molecular weight excluding hydrogens is 310 g/mol. The average Bonchev–Trinajstić information content (AvgIpc) is 2.82. The van der Waals surface area contributed by atoms with Crippen molar-refractivity contribution >= 4 is 27.3 Å². The summed E-state index contributed by atoms with van der Waals surface area (Å²) < 4.78 is 27.6. The molecule has 3 atom stereocenters. The number of carboxylic acids is 1. The third kappa shape index (κ3) is 4.28. The Balaban J connectivity index is 2.04. The molecule has 1 aliphatic carbocycles. The van der Waals surface area contributed by atoms with E-state index in [4.69, 9.17) is 5.11 Å². The monoisotopic (exact) mass is 331 g/mol. The van der Waals surface area contributed by atoms with Gasteiger partial charge in [0.25, 0.3) is 0 Å². The predicted octanol–water partition coefficient (Wildman–Crippen LogP) is 2.48. The van der Waals surface area contributed by atoms with E-state index in [2.05, 4.69) is 18.6 Å². The fourth-order valence-corrected chi connectivity index (χ4v) is 5.33. The zero-order valence-corrected chi connectivity index (χ0v) is 13.8. The van der Waals surface area contributed by atoms with Gasteiger partial charge in [0.05, 0.1) is 6.42 Å². The van der Waals surface area contributed by atoms with Crippen LogP contribution in [-0.4, -0.2) is 25.5 Å². The molecule has 2 N–H and O–H groups in total. The van der Waals surface area contributed by atoms with E-state index in [0.717, 1.165) is 30.6 Å². The highest BCUT2D eigenvalue weighted by atomic mass is 32.2. The van der Waals surface area contributed by atoms with Crippen LogP contribution in [0.5, 0.6) is 0 Å². The highest BCUT2D eigenvalue weighted by Gasteiger charge is 2.28. The smallest absolute Gasteiger partial charge is 0.308 e. The lowest BCUT2D eigenvalue weighted by Crippen LogP contribution is -2.39. The lowest BCUT2D eigenvalue weighted by Gasteiger charge is -2.32. The number of carbonyl (C=O) groups is 1. The molecule has 2 rings (SSSR count). The van der Waals surface area contributed by atoms with Gasteiger partial charge in [-0.2, -0.15) is 0 Å². The summed E-state index contributed by atoms with van der Waals surface area (Å²) in [7, 11) is -3.54. The number of carboxylic acid groups (broad SMARTS) is 1. The summed E-state index contributed by atoms with van der Waals surface area (Å²) >= 11 is 1.03. The normalized spacial score (nSPS) is 26.7. The van der Waals surface area contributed by atoms with Crippen LogP contribution in [0.3, 0.4) is 0 Å². The SMILES string of the molecule is CC1CCC(NS(=O)(=O)c2ccc(CC(=O)O)s2)CC1C. The molecule has 7 heteroatoms. The summed E-state index contributed by atoms with van der Waals surface area (Å²) in [5.41, 5.74) is 0. The maximum Gasteiger partial charge on any atom is 0.308 e. The Bertz CT molecular complexity index is 608. The summed E-state index contributed by atoms with van der Waals surface area (Å²) in [6.45, 7) is 4.36. The van der Waals surface area contributed by atoms with Gasteiger partial charge in [0, 0.05) is 10.9 Å². The van der Waals surface area contributed by atoms with Crippen molar-refractivity contribution in [3.8, 4) is 0 Å². The number of nitrogens with one attached hydrogen (secondary N) is 1. The fourth-order valence-electron chi connectivity index (χ4n) is 2.68. The molecule has 0 aromatic carbocycles. The summed E-state index contributed by atoms with van der Waals surface area (Å²) in [6.07, 6.45) is 2.60. The molecule has 1 fully saturated rings. The number of hydrogen-bond donors (Lipinski definition) is 2. The Morgan fingerprint density at radius 2 is 2.05 bits per heavy atom. The lowest BCUT2D eigenvalue weighted by atomic mass is 9.79. The van der Waals surface area contributed by atoms with Gasteiger partial charge in [-0.05, 0) is 43.2 Å². The molecule has 3 unspecified atom stereocenters. The van der Waals surface area contributed by atoms with Gasteiger partial charge < -0.3 is 5.11 Å². The minimum Gasteiger partial charge on any atom is -0.481 e. The van der Waals surface area contributed by atoms with Crippen molar-refractivity contribution in [1.82, 2.24) is 4.72 Å². The molecule has 0 aliphatic heterocycles. The zero-order valence-electron chi connectivity index (χ0n) is 12.2. The van der Waals surface area contributed by atoms with Gasteiger partial charge in [0.15, 0.2) is 0 Å². The molecule has 21 heavy (non-hydrogen) atoms. The van der Waals surface area contributed by atoms with E-state index in [1.807, 2.05) is 0 Å². The Morgan fingerprint density at radius 1 is 1.33 bits per heavy atom. The van der Waals surface area contributed by atoms with Gasteiger partial charge >= 0.3 is 5.97 Å². The van der Waals surface area contributed by atoms with Crippen LogP contribution in [0.1, 0.15) is 38.0 Å². The van der Waals surface area contributed by atoms with Gasteiger partial charge in [0.2, 0.25) is 10.0 Å². The van der Waals surface area contributed by atoms with Crippen molar-refractivity contribution in [1.29, 1.82) is 0 Å². The third-order valence-electron chi connectivity index (χ3n) is 4.15. The van der Waals surface area contributed by atoms with Gasteiger partial charge in [-0.1, -0.05) is 13.8 Å². The van der Waals surface area contributed by atoms with Crippen molar-refractivity contribution in [3.63, 3.8) is 0 Å². The molecule has 0 spiro atoms. The van der Waals surface area contributed by atoms with E-state index in [0.29, 0.717) is 16.7 Å². The van der Waals surface area contributed by atoms with Crippen molar-refractivity contribution in [2.45, 2.75) is 49.8 Å². The van der Waals surface area contributed by atoms with Gasteiger partial charge in [-0.25, -0.2) is 13.1 Å². The average molecular weight is 331 g/mol. The fraction of sp³-hybridized carbons (Fsp3) is 0.643. The first-order valence-corrected chi connectivity index (χ1v) is 9.40. The molecule has 0 radical (unpaired) electrons. The Labute approximate surface area is 129 Å². The summed E-state index contributed by atoms with van der Waals surface area (Å²) in [5.74, 6) is 0.191. The van der Waals surface area contributed by atoms with E-state index in [1.165, 1.54) is 6.07 Å². The molecule has 0 saturated heterocycles. The summed E-state index contributed by atoms with van der Waals surface area (Å²) in [6, 6.07) is 3.03. The number of sulfonamides is 1. The van der Waals surface area contributed by atoms with Crippen LogP contribution >= 0.6 is 11.3 Å². The quantitative estimate of drug-likeness (QED) is 0.868. The van der Waals surface area contributed by atoms with Gasteiger partial charge in [0.1, 0.15) is 4.21 Å². The minimum atomic E-state index is -3.54. The largest absolute Gasteiger partial charge is 0.481 e. The highest BCUT2D eigenvalue weighted by molar-refractivity contribution is 7.91. The zero-order chi connectivity index (χ0) is 15.6. The first-order valence-electron chi connectivity index (χ1n) is 7.11. The van der Waals surface area contributed by atoms with Crippen LogP contribution < -0.4 is 4.72 Å². The Morgan fingerprint density at radius 3 is 2.67 bits per heavy atom. The number of thiophene rings is 1. The second-order valence-electron chi connectivity index (χ2n) is 5.88. The maximum atomic E-state index is 12.3. The summed E-state index contributed by atoms with van der Waals surface area (Å²) in [5, 5.41) is 8.74. The molecular formula is C14H21NO4S2. The molecule has 1 heterocycles. The molecule has 1 aromatic heterocycles. The third-order valence-corrected chi connectivity index (χ3v) is 7.24. The van der Waals surface area contributed by atoms with Crippen LogP contribution in [0.2, 0.25) is 0 Å². The van der Waals surface area contributed by atoms with Crippen molar-refractivity contribution < 1.29 is 18.3 Å². The first-order chi connectivity index (χ1) is 9.78. The van der Waals surface area contributed by atoms with Crippen LogP contribution in [0.4, 0.5) is 0 Å². The standard InChI is InChI=1S/C14H21NO4S2/c1-9-3-4-11(7-10(9)2)15-21(18,19)14-6-5-12(20-14)8-13(16)17/h5-6,9-11,15H,3-4,7-8H2,1-2H3,(H,16,17). The molecule has 0 amide bonds. The van der Waals surface area contributed by atoms with E-state index >= 15 is 0 Å². The molecule has 1 aromatic rings. The van der Waals surface area contributed by atoms with E-state index in [-0.39, 0.29) is 16.7 Å². The predicted molar refractivity (Wildman–Crippen MR) is 81.9 cm³/mol. The van der Waals surface area contributed by atoms with E-state index < -0.39 is 16.0 Å².